The predicted octanol–water partition coefficient (Wildman–Crippen LogP) is 4.27. The van der Waals surface area contributed by atoms with E-state index in [1.807, 2.05) is 0 Å². The number of halogens is 1. The van der Waals surface area contributed by atoms with Crippen LogP contribution in [0, 0.1) is 5.41 Å². The van der Waals surface area contributed by atoms with Crippen molar-refractivity contribution in [2.24, 2.45) is 11.1 Å². The number of hydrogen-bond acceptors (Lipinski definition) is 1. The highest BCUT2D eigenvalue weighted by Crippen LogP contribution is 2.40. The van der Waals surface area contributed by atoms with Crippen molar-refractivity contribution in [2.45, 2.75) is 39.3 Å². The molecule has 0 aliphatic heterocycles. The van der Waals surface area contributed by atoms with Crippen molar-refractivity contribution in [3.05, 3.63) is 57.8 Å². The highest BCUT2D eigenvalue weighted by atomic mass is 79.9. The molecule has 1 atom stereocenters. The molecular weight excluding hydrogens is 312 g/mol. The Labute approximate surface area is 129 Å². The van der Waals surface area contributed by atoms with Gasteiger partial charge in [0.2, 0.25) is 0 Å². The Bertz CT molecular complexity index is 610. The molecule has 20 heavy (non-hydrogen) atoms. The zero-order chi connectivity index (χ0) is 14.3. The summed E-state index contributed by atoms with van der Waals surface area (Å²) in [5, 5.41) is 0. The smallest absolute Gasteiger partial charge is 0.0472 e. The topological polar surface area (TPSA) is 30.9 Å². The number of benzene rings is 1. The second-order valence-corrected chi connectivity index (χ2v) is 7.54. The largest absolute Gasteiger partial charge is 0.347 e. The summed E-state index contributed by atoms with van der Waals surface area (Å²) >= 11 is 3.48. The van der Waals surface area contributed by atoms with Crippen LogP contribution in [0.1, 0.15) is 43.1 Å². The van der Waals surface area contributed by atoms with Crippen molar-refractivity contribution in [1.82, 2.24) is 4.57 Å². The third-order valence-corrected chi connectivity index (χ3v) is 4.73. The van der Waals surface area contributed by atoms with Gasteiger partial charge in [-0.1, -0.05) is 41.9 Å². The van der Waals surface area contributed by atoms with Crippen molar-refractivity contribution in [2.75, 3.05) is 0 Å². The van der Waals surface area contributed by atoms with E-state index >= 15 is 0 Å². The molecule has 2 nitrogen and oxygen atoms in total. The van der Waals surface area contributed by atoms with Crippen molar-refractivity contribution >= 4 is 15.9 Å². The molecule has 0 amide bonds. The quantitative estimate of drug-likeness (QED) is 0.874. The van der Waals surface area contributed by atoms with E-state index in [1.165, 1.54) is 16.8 Å². The van der Waals surface area contributed by atoms with Gasteiger partial charge in [0, 0.05) is 29.0 Å². The fraction of sp³-hybridized carbons (Fsp3) is 0.412. The lowest BCUT2D eigenvalue weighted by Crippen LogP contribution is -2.30. The molecule has 1 aromatic carbocycles. The van der Waals surface area contributed by atoms with Crippen LogP contribution in [0.4, 0.5) is 0 Å². The fourth-order valence-electron chi connectivity index (χ4n) is 3.23. The van der Waals surface area contributed by atoms with Gasteiger partial charge in [0.15, 0.2) is 0 Å². The van der Waals surface area contributed by atoms with Gasteiger partial charge >= 0.3 is 0 Å². The molecule has 0 radical (unpaired) electrons. The van der Waals surface area contributed by atoms with Gasteiger partial charge in [-0.25, -0.2) is 0 Å². The Hall–Kier alpha value is -1.06. The van der Waals surface area contributed by atoms with E-state index in [1.54, 1.807) is 0 Å². The molecule has 1 aliphatic rings. The van der Waals surface area contributed by atoms with Crippen molar-refractivity contribution in [3.8, 4) is 0 Å². The molecule has 106 valence electrons. The second-order valence-electron chi connectivity index (χ2n) is 6.62. The lowest BCUT2D eigenvalue weighted by Gasteiger charge is -2.34. The predicted molar refractivity (Wildman–Crippen MR) is 86.7 cm³/mol. The van der Waals surface area contributed by atoms with Gasteiger partial charge in [-0.05, 0) is 47.6 Å². The Morgan fingerprint density at radius 1 is 1.25 bits per heavy atom. The summed E-state index contributed by atoms with van der Waals surface area (Å²) in [6.45, 7) is 5.55. The molecule has 3 rings (SSSR count). The SMILES string of the molecule is CC1(C)Cc2c(ccn2Cc2ccc(Br)cc2)C(N)C1. The second kappa shape index (κ2) is 5.05. The molecule has 0 fully saturated rings. The first-order valence-corrected chi connectivity index (χ1v) is 7.92. The van der Waals surface area contributed by atoms with E-state index in [4.69, 9.17) is 5.73 Å². The van der Waals surface area contributed by atoms with Gasteiger partial charge in [0.05, 0.1) is 0 Å². The minimum absolute atomic E-state index is 0.180. The maximum atomic E-state index is 6.33. The highest BCUT2D eigenvalue weighted by molar-refractivity contribution is 9.10. The van der Waals surface area contributed by atoms with Crippen LogP contribution in [-0.4, -0.2) is 4.57 Å². The molecule has 1 aliphatic carbocycles. The van der Waals surface area contributed by atoms with E-state index in [0.717, 1.165) is 23.9 Å². The number of hydrogen-bond donors (Lipinski definition) is 1. The molecule has 0 saturated carbocycles. The summed E-state index contributed by atoms with van der Waals surface area (Å²) in [6, 6.07) is 10.9. The average molecular weight is 333 g/mol. The Kier molecular flexibility index (Phi) is 3.51. The van der Waals surface area contributed by atoms with E-state index in [-0.39, 0.29) is 6.04 Å². The lowest BCUT2D eigenvalue weighted by molar-refractivity contribution is 0.276. The first-order valence-electron chi connectivity index (χ1n) is 7.12. The Morgan fingerprint density at radius 3 is 2.65 bits per heavy atom. The molecule has 1 unspecified atom stereocenters. The van der Waals surface area contributed by atoms with Gasteiger partial charge in [-0.15, -0.1) is 0 Å². The normalized spacial score (nSPS) is 20.7. The average Bonchev–Trinajstić information content (AvgIpc) is 2.74. The first kappa shape index (κ1) is 13.9. The number of fused-ring (bicyclic) bond motifs is 1. The summed E-state index contributed by atoms with van der Waals surface area (Å²) in [5.41, 5.74) is 10.7. The molecule has 3 heteroatoms. The Morgan fingerprint density at radius 2 is 1.95 bits per heavy atom. The molecule has 2 aromatic rings. The van der Waals surface area contributed by atoms with Gasteiger partial charge in [-0.3, -0.25) is 0 Å². The van der Waals surface area contributed by atoms with E-state index in [9.17, 15) is 0 Å². The van der Waals surface area contributed by atoms with Gasteiger partial charge in [0.25, 0.3) is 0 Å². The summed E-state index contributed by atoms with van der Waals surface area (Å²) in [5.74, 6) is 0. The molecule has 2 N–H and O–H groups in total. The van der Waals surface area contributed by atoms with Crippen molar-refractivity contribution < 1.29 is 0 Å². The van der Waals surface area contributed by atoms with E-state index in [0.29, 0.717) is 5.41 Å². The number of aromatic nitrogens is 1. The Balaban J connectivity index is 1.91. The molecule has 1 aromatic heterocycles. The maximum Gasteiger partial charge on any atom is 0.0472 e. The molecule has 1 heterocycles. The van der Waals surface area contributed by atoms with Crippen molar-refractivity contribution in [1.29, 1.82) is 0 Å². The van der Waals surface area contributed by atoms with Crippen LogP contribution in [0.5, 0.6) is 0 Å². The van der Waals surface area contributed by atoms with Crippen LogP contribution >= 0.6 is 15.9 Å². The molecule has 0 spiro atoms. The van der Waals surface area contributed by atoms with Crippen LogP contribution < -0.4 is 5.73 Å². The number of nitrogens with zero attached hydrogens (tertiary/aromatic N) is 1. The van der Waals surface area contributed by atoms with E-state index in [2.05, 4.69) is 70.9 Å². The van der Waals surface area contributed by atoms with E-state index < -0.39 is 0 Å². The molecule has 0 saturated heterocycles. The zero-order valence-electron chi connectivity index (χ0n) is 12.1. The van der Waals surface area contributed by atoms with Crippen LogP contribution in [0.2, 0.25) is 0 Å². The third kappa shape index (κ3) is 2.70. The van der Waals surface area contributed by atoms with Crippen molar-refractivity contribution in [3.63, 3.8) is 0 Å². The standard InChI is InChI=1S/C17H21BrN2/c1-17(2)9-15(19)14-7-8-20(16(14)10-17)11-12-3-5-13(18)6-4-12/h3-8,15H,9-11,19H2,1-2H3. The fourth-order valence-corrected chi connectivity index (χ4v) is 3.49. The summed E-state index contributed by atoms with van der Waals surface area (Å²) in [4.78, 5) is 0. The van der Waals surface area contributed by atoms with Crippen LogP contribution in [0.25, 0.3) is 0 Å². The van der Waals surface area contributed by atoms with Gasteiger partial charge in [-0.2, -0.15) is 0 Å². The highest BCUT2D eigenvalue weighted by Gasteiger charge is 2.32. The first-order chi connectivity index (χ1) is 9.44. The summed E-state index contributed by atoms with van der Waals surface area (Å²) in [7, 11) is 0. The maximum absolute atomic E-state index is 6.33. The third-order valence-electron chi connectivity index (χ3n) is 4.20. The number of rotatable bonds is 2. The number of nitrogens with two attached hydrogens (primary N) is 1. The minimum Gasteiger partial charge on any atom is -0.347 e. The summed E-state index contributed by atoms with van der Waals surface area (Å²) < 4.78 is 3.48. The van der Waals surface area contributed by atoms with Crippen LogP contribution in [-0.2, 0) is 13.0 Å². The summed E-state index contributed by atoms with van der Waals surface area (Å²) in [6.07, 6.45) is 4.37. The monoisotopic (exact) mass is 332 g/mol. The van der Waals surface area contributed by atoms with Crippen LogP contribution in [0.3, 0.4) is 0 Å². The zero-order valence-corrected chi connectivity index (χ0v) is 13.7. The molecule has 0 bridgehead atoms. The minimum atomic E-state index is 0.180. The lowest BCUT2D eigenvalue weighted by atomic mass is 9.74. The van der Waals surface area contributed by atoms with Crippen LogP contribution in [0.15, 0.2) is 41.0 Å². The van der Waals surface area contributed by atoms with Gasteiger partial charge in [0.1, 0.15) is 0 Å². The van der Waals surface area contributed by atoms with Gasteiger partial charge < -0.3 is 10.3 Å². The molecular formula is C17H21BrN2.